The fourth-order valence-electron chi connectivity index (χ4n) is 2.24. The summed E-state index contributed by atoms with van der Waals surface area (Å²) in [4.78, 5) is 0. The first-order chi connectivity index (χ1) is 9.29. The van der Waals surface area contributed by atoms with Crippen LogP contribution in [0.2, 0.25) is 0 Å². The van der Waals surface area contributed by atoms with Gasteiger partial charge in [0.2, 0.25) is 0 Å². The van der Waals surface area contributed by atoms with Crippen molar-refractivity contribution in [2.45, 2.75) is 38.7 Å². The molecule has 1 unspecified atom stereocenters. The number of rotatable bonds is 6. The fraction of sp³-hybridized carbons (Fsp3) is 0.533. The van der Waals surface area contributed by atoms with E-state index in [0.717, 1.165) is 30.8 Å². The minimum absolute atomic E-state index is 0.429. The first-order valence-corrected chi connectivity index (χ1v) is 6.83. The van der Waals surface area contributed by atoms with E-state index in [2.05, 4.69) is 5.16 Å². The van der Waals surface area contributed by atoms with Crippen molar-refractivity contribution in [3.63, 3.8) is 0 Å². The lowest BCUT2D eigenvalue weighted by Gasteiger charge is -2.10. The average Bonchev–Trinajstić information content (AvgIpc) is 2.96. The van der Waals surface area contributed by atoms with Crippen molar-refractivity contribution in [2.24, 2.45) is 5.16 Å². The Balaban J connectivity index is 1.76. The van der Waals surface area contributed by atoms with Crippen LogP contribution in [-0.2, 0) is 4.74 Å². The Morgan fingerprint density at radius 3 is 3.16 bits per heavy atom. The molecule has 1 aromatic carbocycles. The second-order valence-electron chi connectivity index (χ2n) is 4.84. The summed E-state index contributed by atoms with van der Waals surface area (Å²) < 4.78 is 11.3. The normalized spacial score (nSPS) is 19.6. The lowest BCUT2D eigenvalue weighted by atomic mass is 10.1. The molecule has 0 amide bonds. The molecule has 1 fully saturated rings. The summed E-state index contributed by atoms with van der Waals surface area (Å²) in [7, 11) is 0. The molecule has 2 rings (SSSR count). The minimum atomic E-state index is 0.429. The maximum absolute atomic E-state index is 8.75. The third-order valence-electron chi connectivity index (χ3n) is 3.36. The molecular formula is C15H21NO3. The van der Waals surface area contributed by atoms with E-state index in [1.165, 1.54) is 12.8 Å². The number of oxime groups is 1. The van der Waals surface area contributed by atoms with E-state index in [-0.39, 0.29) is 0 Å². The van der Waals surface area contributed by atoms with Crippen LogP contribution in [0.5, 0.6) is 5.75 Å². The molecule has 104 valence electrons. The zero-order chi connectivity index (χ0) is 13.5. The van der Waals surface area contributed by atoms with Gasteiger partial charge in [-0.2, -0.15) is 0 Å². The van der Waals surface area contributed by atoms with E-state index in [4.69, 9.17) is 14.7 Å². The third-order valence-corrected chi connectivity index (χ3v) is 3.36. The molecule has 1 aliphatic heterocycles. The average molecular weight is 263 g/mol. The molecule has 0 spiro atoms. The van der Waals surface area contributed by atoms with Crippen LogP contribution in [0.3, 0.4) is 0 Å². The predicted molar refractivity (Wildman–Crippen MR) is 74.1 cm³/mol. The van der Waals surface area contributed by atoms with E-state index in [0.29, 0.717) is 18.4 Å². The van der Waals surface area contributed by atoms with Crippen LogP contribution in [0.25, 0.3) is 0 Å². The van der Waals surface area contributed by atoms with Gasteiger partial charge in [0.15, 0.2) is 0 Å². The smallest absolute Gasteiger partial charge is 0.119 e. The van der Waals surface area contributed by atoms with Gasteiger partial charge in [-0.25, -0.2) is 0 Å². The Morgan fingerprint density at radius 1 is 1.53 bits per heavy atom. The van der Waals surface area contributed by atoms with Crippen LogP contribution in [-0.4, -0.2) is 30.2 Å². The van der Waals surface area contributed by atoms with Crippen molar-refractivity contribution in [1.29, 1.82) is 0 Å². The molecule has 1 atom stereocenters. The Hall–Kier alpha value is -1.55. The van der Waals surface area contributed by atoms with Crippen LogP contribution in [0.1, 0.15) is 38.2 Å². The van der Waals surface area contributed by atoms with Crippen molar-refractivity contribution >= 4 is 5.71 Å². The summed E-state index contributed by atoms with van der Waals surface area (Å²) in [6.07, 6.45) is 4.87. The highest BCUT2D eigenvalue weighted by Crippen LogP contribution is 2.18. The summed E-state index contributed by atoms with van der Waals surface area (Å²) >= 11 is 0. The largest absolute Gasteiger partial charge is 0.494 e. The van der Waals surface area contributed by atoms with E-state index >= 15 is 0 Å². The van der Waals surface area contributed by atoms with Gasteiger partial charge in [0.05, 0.1) is 18.4 Å². The molecule has 1 aromatic rings. The quantitative estimate of drug-likeness (QED) is 0.371. The molecule has 0 saturated carbocycles. The van der Waals surface area contributed by atoms with E-state index < -0.39 is 0 Å². The Bertz CT molecular complexity index is 425. The minimum Gasteiger partial charge on any atom is -0.494 e. The van der Waals surface area contributed by atoms with Crippen LogP contribution in [0, 0.1) is 0 Å². The predicted octanol–water partition coefficient (Wildman–Crippen LogP) is 3.22. The van der Waals surface area contributed by atoms with Crippen molar-refractivity contribution in [1.82, 2.24) is 0 Å². The zero-order valence-electron chi connectivity index (χ0n) is 11.3. The molecule has 1 heterocycles. The molecular weight excluding hydrogens is 242 g/mol. The maximum Gasteiger partial charge on any atom is 0.119 e. The SMILES string of the molecule is CC(=NO)c1cccc(OCCCC2CCCO2)c1. The van der Waals surface area contributed by atoms with Gasteiger partial charge in [-0.1, -0.05) is 17.3 Å². The summed E-state index contributed by atoms with van der Waals surface area (Å²) in [5.74, 6) is 0.813. The number of hydrogen-bond donors (Lipinski definition) is 1. The zero-order valence-corrected chi connectivity index (χ0v) is 11.3. The molecule has 0 bridgehead atoms. The summed E-state index contributed by atoms with van der Waals surface area (Å²) in [6.45, 7) is 3.36. The second-order valence-corrected chi connectivity index (χ2v) is 4.84. The lowest BCUT2D eigenvalue weighted by Crippen LogP contribution is -2.07. The van der Waals surface area contributed by atoms with Crippen LogP contribution < -0.4 is 4.74 Å². The Kier molecular flexibility index (Phi) is 5.21. The first-order valence-electron chi connectivity index (χ1n) is 6.83. The third kappa shape index (κ3) is 4.24. The molecule has 0 aromatic heterocycles. The van der Waals surface area contributed by atoms with Crippen molar-refractivity contribution in [3.8, 4) is 5.75 Å². The van der Waals surface area contributed by atoms with Gasteiger partial charge >= 0.3 is 0 Å². The van der Waals surface area contributed by atoms with Crippen LogP contribution in [0.4, 0.5) is 0 Å². The van der Waals surface area contributed by atoms with Crippen molar-refractivity contribution < 1.29 is 14.7 Å². The van der Waals surface area contributed by atoms with Crippen molar-refractivity contribution in [3.05, 3.63) is 29.8 Å². The summed E-state index contributed by atoms with van der Waals surface area (Å²) in [5, 5.41) is 11.9. The van der Waals surface area contributed by atoms with Gasteiger partial charge in [-0.3, -0.25) is 0 Å². The monoisotopic (exact) mass is 263 g/mol. The van der Waals surface area contributed by atoms with Gasteiger partial charge in [-0.05, 0) is 44.7 Å². The summed E-state index contributed by atoms with van der Waals surface area (Å²) in [5.41, 5.74) is 1.46. The van der Waals surface area contributed by atoms with Crippen LogP contribution >= 0.6 is 0 Å². The topological polar surface area (TPSA) is 51.1 Å². The fourth-order valence-corrected chi connectivity index (χ4v) is 2.24. The highest BCUT2D eigenvalue weighted by Gasteiger charge is 2.14. The number of benzene rings is 1. The van der Waals surface area contributed by atoms with Gasteiger partial charge in [0.25, 0.3) is 0 Å². The van der Waals surface area contributed by atoms with E-state index in [1.54, 1.807) is 6.92 Å². The van der Waals surface area contributed by atoms with E-state index in [1.807, 2.05) is 24.3 Å². The Labute approximate surface area is 114 Å². The molecule has 0 aliphatic carbocycles. The molecule has 4 nitrogen and oxygen atoms in total. The maximum atomic E-state index is 8.75. The lowest BCUT2D eigenvalue weighted by molar-refractivity contribution is 0.0981. The van der Waals surface area contributed by atoms with Crippen molar-refractivity contribution in [2.75, 3.05) is 13.2 Å². The van der Waals surface area contributed by atoms with Gasteiger partial charge < -0.3 is 14.7 Å². The number of ether oxygens (including phenoxy) is 2. The molecule has 1 N–H and O–H groups in total. The standard InChI is InChI=1S/C15H21NO3/c1-12(16-17)13-5-2-6-15(11-13)19-10-4-8-14-7-3-9-18-14/h2,5-6,11,14,17H,3-4,7-10H2,1H3. The summed E-state index contributed by atoms with van der Waals surface area (Å²) in [6, 6.07) is 7.61. The van der Waals surface area contributed by atoms with Gasteiger partial charge in [0, 0.05) is 12.2 Å². The highest BCUT2D eigenvalue weighted by atomic mass is 16.5. The first kappa shape index (κ1) is 13.9. The number of nitrogens with zero attached hydrogens (tertiary/aromatic N) is 1. The molecule has 0 radical (unpaired) electrons. The molecule has 4 heteroatoms. The second kappa shape index (κ2) is 7.14. The Morgan fingerprint density at radius 2 is 2.42 bits per heavy atom. The molecule has 1 saturated heterocycles. The van der Waals surface area contributed by atoms with Crippen LogP contribution in [0.15, 0.2) is 29.4 Å². The molecule has 1 aliphatic rings. The van der Waals surface area contributed by atoms with E-state index in [9.17, 15) is 0 Å². The highest BCUT2D eigenvalue weighted by molar-refractivity contribution is 5.98. The number of hydrogen-bond acceptors (Lipinski definition) is 4. The molecule has 19 heavy (non-hydrogen) atoms. The van der Waals surface area contributed by atoms with Gasteiger partial charge in [-0.15, -0.1) is 0 Å². The van der Waals surface area contributed by atoms with Gasteiger partial charge in [0.1, 0.15) is 5.75 Å².